The van der Waals surface area contributed by atoms with E-state index in [1.807, 2.05) is 32.0 Å². The van der Waals surface area contributed by atoms with Crippen molar-refractivity contribution < 1.29 is 4.52 Å². The Kier molecular flexibility index (Phi) is 9.18. The Hall–Kier alpha value is -1.71. The molecule has 0 saturated heterocycles. The van der Waals surface area contributed by atoms with Crippen LogP contribution in [0.2, 0.25) is 0 Å². The third kappa shape index (κ3) is 7.40. The highest BCUT2D eigenvalue weighted by Crippen LogP contribution is 1.99. The Morgan fingerprint density at radius 1 is 1.30 bits per heavy atom. The van der Waals surface area contributed by atoms with E-state index in [4.69, 9.17) is 4.52 Å². The molecule has 0 unspecified atom stereocenters. The van der Waals surface area contributed by atoms with Gasteiger partial charge in [0, 0.05) is 25.7 Å². The zero-order valence-corrected chi connectivity index (χ0v) is 15.8. The van der Waals surface area contributed by atoms with E-state index in [0.717, 1.165) is 37.6 Å². The number of hydrogen-bond acceptors (Lipinski definition) is 5. The van der Waals surface area contributed by atoms with Crippen molar-refractivity contribution in [2.45, 2.75) is 33.2 Å². The number of hydrogen-bond donors (Lipinski definition) is 2. The van der Waals surface area contributed by atoms with Crippen LogP contribution >= 0.6 is 24.0 Å². The van der Waals surface area contributed by atoms with E-state index in [2.05, 4.69) is 30.8 Å². The summed E-state index contributed by atoms with van der Waals surface area (Å²) in [6.07, 6.45) is 3.43. The zero-order chi connectivity index (χ0) is 15.6. The minimum absolute atomic E-state index is 0. The molecule has 0 bridgehead atoms. The number of guanidine groups is 1. The highest BCUT2D eigenvalue weighted by molar-refractivity contribution is 14.0. The molecule has 2 aromatic rings. The van der Waals surface area contributed by atoms with Crippen molar-refractivity contribution in [1.29, 1.82) is 0 Å². The second kappa shape index (κ2) is 10.9. The molecule has 0 aliphatic rings. The van der Waals surface area contributed by atoms with E-state index in [0.29, 0.717) is 18.3 Å². The van der Waals surface area contributed by atoms with Crippen LogP contribution in [-0.2, 0) is 13.0 Å². The summed E-state index contributed by atoms with van der Waals surface area (Å²) >= 11 is 0. The molecule has 0 amide bonds. The van der Waals surface area contributed by atoms with Gasteiger partial charge >= 0.3 is 0 Å². The van der Waals surface area contributed by atoms with Gasteiger partial charge in [-0.1, -0.05) is 11.2 Å². The molecule has 8 heteroatoms. The lowest BCUT2D eigenvalue weighted by atomic mass is 10.3. The second-order valence-corrected chi connectivity index (χ2v) is 4.78. The van der Waals surface area contributed by atoms with E-state index in [-0.39, 0.29) is 24.0 Å². The van der Waals surface area contributed by atoms with Gasteiger partial charge in [-0.25, -0.2) is 4.99 Å². The molecule has 0 fully saturated rings. The largest absolute Gasteiger partial charge is 0.357 e. The van der Waals surface area contributed by atoms with Gasteiger partial charge in [-0.3, -0.25) is 4.98 Å². The van der Waals surface area contributed by atoms with Gasteiger partial charge in [0.2, 0.25) is 5.89 Å². The van der Waals surface area contributed by atoms with Crippen LogP contribution in [0.3, 0.4) is 0 Å². The average molecular weight is 430 g/mol. The summed E-state index contributed by atoms with van der Waals surface area (Å²) in [5.41, 5.74) is 0.945. The smallest absolute Gasteiger partial charge is 0.226 e. The molecule has 0 saturated carbocycles. The van der Waals surface area contributed by atoms with Crippen LogP contribution < -0.4 is 10.6 Å². The summed E-state index contributed by atoms with van der Waals surface area (Å²) in [5.74, 6) is 2.14. The molecular weight excluding hydrogens is 407 g/mol. The third-order valence-corrected chi connectivity index (χ3v) is 2.90. The SMILES string of the molecule is CCNC(=NCc1ccccn1)NCCCc1nc(C)no1.I. The topological polar surface area (TPSA) is 88.2 Å². The maximum absolute atomic E-state index is 5.08. The fraction of sp³-hybridized carbons (Fsp3) is 0.467. The highest BCUT2D eigenvalue weighted by Gasteiger charge is 2.03. The first kappa shape index (κ1) is 19.3. The molecule has 0 atom stereocenters. The Bertz CT molecular complexity index is 587. The van der Waals surface area contributed by atoms with Gasteiger partial charge in [-0.05, 0) is 32.4 Å². The van der Waals surface area contributed by atoms with Crippen LogP contribution in [-0.4, -0.2) is 34.2 Å². The maximum Gasteiger partial charge on any atom is 0.226 e. The number of nitrogens with zero attached hydrogens (tertiary/aromatic N) is 4. The molecule has 23 heavy (non-hydrogen) atoms. The molecule has 2 N–H and O–H groups in total. The monoisotopic (exact) mass is 430 g/mol. The van der Waals surface area contributed by atoms with E-state index < -0.39 is 0 Å². The van der Waals surface area contributed by atoms with Crippen LogP contribution in [0.25, 0.3) is 0 Å². The van der Waals surface area contributed by atoms with Crippen LogP contribution in [0.5, 0.6) is 0 Å². The van der Waals surface area contributed by atoms with Crippen LogP contribution in [0.15, 0.2) is 33.9 Å². The molecule has 0 spiro atoms. The Labute approximate surface area is 153 Å². The molecule has 2 aromatic heterocycles. The fourth-order valence-corrected chi connectivity index (χ4v) is 1.88. The number of nitrogens with one attached hydrogen (secondary N) is 2. The van der Waals surface area contributed by atoms with Crippen molar-refractivity contribution in [3.63, 3.8) is 0 Å². The predicted molar refractivity (Wildman–Crippen MR) is 99.8 cm³/mol. The minimum Gasteiger partial charge on any atom is -0.357 e. The summed E-state index contributed by atoms with van der Waals surface area (Å²) in [6, 6.07) is 5.82. The number of pyridine rings is 1. The van der Waals surface area contributed by atoms with Gasteiger partial charge in [0.05, 0.1) is 12.2 Å². The summed E-state index contributed by atoms with van der Waals surface area (Å²) in [4.78, 5) is 13.0. The Morgan fingerprint density at radius 2 is 2.17 bits per heavy atom. The van der Waals surface area contributed by atoms with Crippen LogP contribution in [0.1, 0.15) is 30.8 Å². The van der Waals surface area contributed by atoms with Crippen molar-refractivity contribution in [3.8, 4) is 0 Å². The number of aromatic nitrogens is 3. The van der Waals surface area contributed by atoms with Gasteiger partial charge in [0.1, 0.15) is 0 Å². The summed E-state index contributed by atoms with van der Waals surface area (Å²) < 4.78 is 5.08. The standard InChI is InChI=1S/C15H22N6O.HI/c1-3-16-15(19-11-13-7-4-5-9-17-13)18-10-6-8-14-20-12(2)21-22-14;/h4-5,7,9H,3,6,8,10-11H2,1-2H3,(H2,16,18,19);1H. The van der Waals surface area contributed by atoms with Crippen molar-refractivity contribution >= 4 is 29.9 Å². The van der Waals surface area contributed by atoms with Crippen LogP contribution in [0, 0.1) is 6.92 Å². The quantitative estimate of drug-likeness (QED) is 0.303. The van der Waals surface area contributed by atoms with Gasteiger partial charge < -0.3 is 15.2 Å². The summed E-state index contributed by atoms with van der Waals surface area (Å²) in [5, 5.41) is 10.3. The number of halogens is 1. The van der Waals surface area contributed by atoms with E-state index in [9.17, 15) is 0 Å². The van der Waals surface area contributed by atoms with E-state index in [1.54, 1.807) is 6.20 Å². The van der Waals surface area contributed by atoms with Crippen molar-refractivity contribution in [3.05, 3.63) is 41.8 Å². The van der Waals surface area contributed by atoms with Gasteiger partial charge in [0.15, 0.2) is 11.8 Å². The van der Waals surface area contributed by atoms with E-state index in [1.165, 1.54) is 0 Å². The molecule has 126 valence electrons. The lowest BCUT2D eigenvalue weighted by molar-refractivity contribution is 0.372. The minimum atomic E-state index is 0. The maximum atomic E-state index is 5.08. The highest BCUT2D eigenvalue weighted by atomic mass is 127. The normalized spacial score (nSPS) is 11.0. The molecule has 0 aliphatic heterocycles. The summed E-state index contributed by atoms with van der Waals surface area (Å²) in [6.45, 7) is 6.02. The van der Waals surface area contributed by atoms with E-state index >= 15 is 0 Å². The third-order valence-electron chi connectivity index (χ3n) is 2.90. The second-order valence-electron chi connectivity index (χ2n) is 4.78. The van der Waals surface area contributed by atoms with Gasteiger partial charge in [-0.15, -0.1) is 24.0 Å². The zero-order valence-electron chi connectivity index (χ0n) is 13.5. The first-order valence-electron chi connectivity index (χ1n) is 7.49. The van der Waals surface area contributed by atoms with Crippen molar-refractivity contribution in [1.82, 2.24) is 25.8 Å². The lowest BCUT2D eigenvalue weighted by Crippen LogP contribution is -2.37. The van der Waals surface area contributed by atoms with Gasteiger partial charge in [0.25, 0.3) is 0 Å². The number of aryl methyl sites for hydroxylation is 2. The Balaban J connectivity index is 0.00000264. The molecule has 0 radical (unpaired) electrons. The molecule has 0 aliphatic carbocycles. The number of rotatable bonds is 7. The predicted octanol–water partition coefficient (Wildman–Crippen LogP) is 2.08. The van der Waals surface area contributed by atoms with Crippen LogP contribution in [0.4, 0.5) is 0 Å². The summed E-state index contributed by atoms with van der Waals surface area (Å²) in [7, 11) is 0. The first-order valence-corrected chi connectivity index (χ1v) is 7.49. The molecule has 2 heterocycles. The molecule has 0 aromatic carbocycles. The number of aliphatic imine (C=N–C) groups is 1. The molecular formula is C15H23IN6O. The molecule has 7 nitrogen and oxygen atoms in total. The Morgan fingerprint density at radius 3 is 2.83 bits per heavy atom. The lowest BCUT2D eigenvalue weighted by Gasteiger charge is -2.10. The van der Waals surface area contributed by atoms with Crippen molar-refractivity contribution in [2.75, 3.05) is 13.1 Å². The van der Waals surface area contributed by atoms with Gasteiger partial charge in [-0.2, -0.15) is 4.98 Å². The fourth-order valence-electron chi connectivity index (χ4n) is 1.88. The van der Waals surface area contributed by atoms with Crippen molar-refractivity contribution in [2.24, 2.45) is 4.99 Å². The average Bonchev–Trinajstić information content (AvgIpc) is 2.95. The molecule has 2 rings (SSSR count). The first-order chi connectivity index (χ1) is 10.8.